The van der Waals surface area contributed by atoms with Gasteiger partial charge in [-0.15, -0.1) is 0 Å². The van der Waals surface area contributed by atoms with Crippen LogP contribution in [0, 0.1) is 19.3 Å². The van der Waals surface area contributed by atoms with Gasteiger partial charge >= 0.3 is 0 Å². The van der Waals surface area contributed by atoms with Crippen molar-refractivity contribution in [1.82, 2.24) is 14.7 Å². The second-order valence-electron chi connectivity index (χ2n) is 7.29. The zero-order chi connectivity index (χ0) is 18.2. The highest BCUT2D eigenvalue weighted by molar-refractivity contribution is 6.31. The van der Waals surface area contributed by atoms with Crippen LogP contribution in [0.2, 0.25) is 5.02 Å². The summed E-state index contributed by atoms with van der Waals surface area (Å²) in [6, 6.07) is 7.71. The fraction of sp³-hybridized carbons (Fsp3) is 0.474. The number of likely N-dealkylation sites (tertiary alicyclic amines) is 1. The van der Waals surface area contributed by atoms with Crippen LogP contribution in [-0.2, 0) is 6.54 Å². The molecule has 1 unspecified atom stereocenters. The number of aromatic nitrogens is 2. The molecule has 6 heteroatoms. The monoisotopic (exact) mass is 360 g/mol. The molecule has 2 heterocycles. The summed E-state index contributed by atoms with van der Waals surface area (Å²) in [5.74, 6) is 0.0533. The first-order valence-electron chi connectivity index (χ1n) is 8.61. The number of carbonyl (C=O) groups excluding carboxylic acids is 1. The number of nitrogens with zero attached hydrogens (tertiary/aromatic N) is 3. The molecule has 1 amide bonds. The van der Waals surface area contributed by atoms with Gasteiger partial charge in [0.05, 0.1) is 17.8 Å². The predicted molar refractivity (Wildman–Crippen MR) is 99.9 cm³/mol. The van der Waals surface area contributed by atoms with Gasteiger partial charge in [0.2, 0.25) is 0 Å². The largest absolute Gasteiger partial charge is 0.338 e. The van der Waals surface area contributed by atoms with Crippen LogP contribution >= 0.6 is 11.6 Å². The molecule has 3 rings (SSSR count). The molecular weight excluding hydrogens is 336 g/mol. The highest BCUT2D eigenvalue weighted by Gasteiger charge is 2.36. The first kappa shape index (κ1) is 18.0. The lowest BCUT2D eigenvalue weighted by atomic mass is 9.90. The number of benzene rings is 1. The van der Waals surface area contributed by atoms with E-state index in [1.54, 1.807) is 0 Å². The van der Waals surface area contributed by atoms with Crippen molar-refractivity contribution in [2.75, 3.05) is 19.6 Å². The third-order valence-corrected chi connectivity index (χ3v) is 5.58. The molecular formula is C19H25ClN4O. The van der Waals surface area contributed by atoms with Gasteiger partial charge in [-0.3, -0.25) is 9.48 Å². The standard InChI is InChI=1S/C19H25ClN4O/c1-13-17(18(25)23-9-8-19(3,11-21)12-23)14(2)24(22-13)10-15-6-4-5-7-16(15)20/h4-7H,8-12,21H2,1-3H3. The van der Waals surface area contributed by atoms with Crippen LogP contribution in [0.25, 0.3) is 0 Å². The number of rotatable bonds is 4. The van der Waals surface area contributed by atoms with Crippen molar-refractivity contribution in [3.63, 3.8) is 0 Å². The van der Waals surface area contributed by atoms with Crippen LogP contribution < -0.4 is 5.73 Å². The SMILES string of the molecule is Cc1nn(Cc2ccccc2Cl)c(C)c1C(=O)N1CCC(C)(CN)C1. The van der Waals surface area contributed by atoms with Crippen molar-refractivity contribution in [1.29, 1.82) is 0 Å². The molecule has 1 fully saturated rings. The zero-order valence-electron chi connectivity index (χ0n) is 15.1. The second-order valence-corrected chi connectivity index (χ2v) is 7.69. The van der Waals surface area contributed by atoms with Gasteiger partial charge in [-0.25, -0.2) is 0 Å². The zero-order valence-corrected chi connectivity index (χ0v) is 15.8. The maximum Gasteiger partial charge on any atom is 0.257 e. The van der Waals surface area contributed by atoms with E-state index in [4.69, 9.17) is 17.3 Å². The van der Waals surface area contributed by atoms with E-state index in [1.807, 2.05) is 47.7 Å². The summed E-state index contributed by atoms with van der Waals surface area (Å²) in [6.07, 6.45) is 0.946. The molecule has 25 heavy (non-hydrogen) atoms. The number of aryl methyl sites for hydroxylation is 1. The molecule has 134 valence electrons. The van der Waals surface area contributed by atoms with Gasteiger partial charge in [0.25, 0.3) is 5.91 Å². The molecule has 1 aliphatic heterocycles. The van der Waals surface area contributed by atoms with E-state index >= 15 is 0 Å². The highest BCUT2D eigenvalue weighted by Crippen LogP contribution is 2.30. The first-order valence-corrected chi connectivity index (χ1v) is 8.99. The number of amides is 1. The molecule has 2 aromatic rings. The van der Waals surface area contributed by atoms with Crippen molar-refractivity contribution in [2.24, 2.45) is 11.1 Å². The van der Waals surface area contributed by atoms with Gasteiger partial charge in [0, 0.05) is 23.8 Å². The second kappa shape index (κ2) is 6.81. The first-order chi connectivity index (χ1) is 11.8. The Hall–Kier alpha value is -1.85. The van der Waals surface area contributed by atoms with Crippen molar-refractivity contribution >= 4 is 17.5 Å². The average Bonchev–Trinajstić information content (AvgIpc) is 3.11. The maximum absolute atomic E-state index is 13.0. The predicted octanol–water partition coefficient (Wildman–Crippen LogP) is 3.01. The Labute approximate surface area is 153 Å². The van der Waals surface area contributed by atoms with Crippen molar-refractivity contribution in [3.8, 4) is 0 Å². The lowest BCUT2D eigenvalue weighted by Gasteiger charge is -2.22. The molecule has 1 aromatic carbocycles. The van der Waals surface area contributed by atoms with E-state index < -0.39 is 0 Å². The minimum Gasteiger partial charge on any atom is -0.338 e. The number of halogens is 1. The summed E-state index contributed by atoms with van der Waals surface area (Å²) < 4.78 is 1.86. The Bertz CT molecular complexity index is 801. The summed E-state index contributed by atoms with van der Waals surface area (Å²) in [7, 11) is 0. The lowest BCUT2D eigenvalue weighted by Crippen LogP contribution is -2.35. The van der Waals surface area contributed by atoms with Crippen LogP contribution in [0.15, 0.2) is 24.3 Å². The molecule has 1 atom stereocenters. The van der Waals surface area contributed by atoms with Crippen LogP contribution in [0.4, 0.5) is 0 Å². The van der Waals surface area contributed by atoms with Crippen LogP contribution in [0.5, 0.6) is 0 Å². The lowest BCUT2D eigenvalue weighted by molar-refractivity contribution is 0.0775. The number of hydrogen-bond acceptors (Lipinski definition) is 3. The van der Waals surface area contributed by atoms with Crippen LogP contribution in [0.3, 0.4) is 0 Å². The summed E-state index contributed by atoms with van der Waals surface area (Å²) >= 11 is 6.26. The van der Waals surface area contributed by atoms with Crippen molar-refractivity contribution in [2.45, 2.75) is 33.7 Å². The van der Waals surface area contributed by atoms with Gasteiger partial charge in [-0.05, 0) is 43.9 Å². The number of nitrogens with two attached hydrogens (primary N) is 1. The van der Waals surface area contributed by atoms with Gasteiger partial charge < -0.3 is 10.6 Å². The normalized spacial score (nSPS) is 20.3. The Morgan fingerprint density at radius 3 is 2.72 bits per heavy atom. The average molecular weight is 361 g/mol. The van der Waals surface area contributed by atoms with E-state index in [-0.39, 0.29) is 11.3 Å². The Balaban J connectivity index is 1.85. The molecule has 1 aromatic heterocycles. The number of carbonyl (C=O) groups is 1. The van der Waals surface area contributed by atoms with E-state index in [0.29, 0.717) is 30.2 Å². The van der Waals surface area contributed by atoms with Crippen LogP contribution in [-0.4, -0.2) is 40.2 Å². The summed E-state index contributed by atoms with van der Waals surface area (Å²) in [5, 5.41) is 5.29. The van der Waals surface area contributed by atoms with Crippen LogP contribution in [0.1, 0.15) is 40.7 Å². The number of hydrogen-bond donors (Lipinski definition) is 1. The minimum absolute atomic E-state index is 0.0189. The molecule has 0 saturated carbocycles. The summed E-state index contributed by atoms with van der Waals surface area (Å²) in [5.41, 5.74) is 9.22. The van der Waals surface area contributed by atoms with Crippen molar-refractivity contribution in [3.05, 3.63) is 51.8 Å². The molecule has 2 N–H and O–H groups in total. The van der Waals surface area contributed by atoms with Gasteiger partial charge in [-0.1, -0.05) is 36.7 Å². The molecule has 1 aliphatic rings. The van der Waals surface area contributed by atoms with E-state index in [1.165, 1.54) is 0 Å². The van der Waals surface area contributed by atoms with E-state index in [0.717, 1.165) is 29.9 Å². The summed E-state index contributed by atoms with van der Waals surface area (Å²) in [6.45, 7) is 8.59. The van der Waals surface area contributed by atoms with Gasteiger partial charge in [0.1, 0.15) is 0 Å². The quantitative estimate of drug-likeness (QED) is 0.911. The van der Waals surface area contributed by atoms with Gasteiger partial charge in [-0.2, -0.15) is 5.10 Å². The molecule has 0 spiro atoms. The fourth-order valence-corrected chi connectivity index (χ4v) is 3.67. The van der Waals surface area contributed by atoms with E-state index in [9.17, 15) is 4.79 Å². The van der Waals surface area contributed by atoms with Gasteiger partial charge in [0.15, 0.2) is 0 Å². The molecule has 0 radical (unpaired) electrons. The Morgan fingerprint density at radius 2 is 2.08 bits per heavy atom. The maximum atomic E-state index is 13.0. The molecule has 0 bridgehead atoms. The Morgan fingerprint density at radius 1 is 1.36 bits per heavy atom. The topological polar surface area (TPSA) is 64.2 Å². The van der Waals surface area contributed by atoms with Crippen molar-refractivity contribution < 1.29 is 4.79 Å². The minimum atomic E-state index is 0.0189. The third-order valence-electron chi connectivity index (χ3n) is 5.21. The molecule has 5 nitrogen and oxygen atoms in total. The summed E-state index contributed by atoms with van der Waals surface area (Å²) in [4.78, 5) is 14.9. The molecule has 1 saturated heterocycles. The third kappa shape index (κ3) is 3.44. The van der Waals surface area contributed by atoms with E-state index in [2.05, 4.69) is 12.0 Å². The highest BCUT2D eigenvalue weighted by atomic mass is 35.5. The molecule has 0 aliphatic carbocycles. The smallest absolute Gasteiger partial charge is 0.257 e. The Kier molecular flexibility index (Phi) is 4.89. The fourth-order valence-electron chi connectivity index (χ4n) is 3.47.